The monoisotopic (exact) mass is 316 g/mol. The number of carbonyl (C=O) groups excluding carboxylic acids is 1. The summed E-state index contributed by atoms with van der Waals surface area (Å²) in [6, 6.07) is 6.56. The lowest BCUT2D eigenvalue weighted by Crippen LogP contribution is -2.42. The Bertz CT molecular complexity index is 471. The van der Waals surface area contributed by atoms with Crippen molar-refractivity contribution in [3.8, 4) is 0 Å². The zero-order valence-corrected chi connectivity index (χ0v) is 12.9. The summed E-state index contributed by atoms with van der Waals surface area (Å²) >= 11 is 0. The van der Waals surface area contributed by atoms with Crippen molar-refractivity contribution in [3.63, 3.8) is 0 Å². The maximum atomic E-state index is 13.8. The second-order valence-corrected chi connectivity index (χ2v) is 5.24. The molecular weight excluding hydrogens is 295 g/mol. The summed E-state index contributed by atoms with van der Waals surface area (Å²) in [6.07, 6.45) is 0.714. The van der Waals surface area contributed by atoms with E-state index in [2.05, 4.69) is 0 Å². The lowest BCUT2D eigenvalue weighted by atomic mass is 10.1. The molecule has 1 aromatic rings. The van der Waals surface area contributed by atoms with E-state index in [0.717, 1.165) is 0 Å². The number of hydrogen-bond acceptors (Lipinski definition) is 3. The van der Waals surface area contributed by atoms with E-state index in [1.165, 1.54) is 6.07 Å². The van der Waals surface area contributed by atoms with Crippen LogP contribution in [-0.4, -0.2) is 36.5 Å². The van der Waals surface area contributed by atoms with Crippen LogP contribution in [0.4, 0.5) is 4.39 Å². The molecule has 0 bridgehead atoms. The van der Waals surface area contributed by atoms with Gasteiger partial charge in [0.25, 0.3) is 0 Å². The van der Waals surface area contributed by atoms with Gasteiger partial charge < -0.3 is 15.4 Å². The van der Waals surface area contributed by atoms with Gasteiger partial charge in [0.1, 0.15) is 11.9 Å². The van der Waals surface area contributed by atoms with Gasteiger partial charge in [-0.1, -0.05) is 18.2 Å². The van der Waals surface area contributed by atoms with E-state index < -0.39 is 0 Å². The van der Waals surface area contributed by atoms with Gasteiger partial charge in [0, 0.05) is 24.6 Å². The predicted octanol–water partition coefficient (Wildman–Crippen LogP) is 2.27. The van der Waals surface area contributed by atoms with Crippen LogP contribution in [0, 0.1) is 5.82 Å². The van der Waals surface area contributed by atoms with Crippen molar-refractivity contribution in [2.45, 2.75) is 31.9 Å². The fourth-order valence-corrected chi connectivity index (χ4v) is 2.31. The molecule has 2 N–H and O–H groups in total. The summed E-state index contributed by atoms with van der Waals surface area (Å²) in [5, 5.41) is 0. The molecule has 1 aliphatic rings. The van der Waals surface area contributed by atoms with Crippen LogP contribution in [0.1, 0.15) is 31.4 Å². The van der Waals surface area contributed by atoms with Gasteiger partial charge in [-0.05, 0) is 19.4 Å². The van der Waals surface area contributed by atoms with Crippen LogP contribution in [0.5, 0.6) is 0 Å². The Balaban J connectivity index is 0.00000220. The average Bonchev–Trinajstić information content (AvgIpc) is 2.45. The summed E-state index contributed by atoms with van der Waals surface area (Å²) in [6.45, 7) is 3.28. The summed E-state index contributed by atoms with van der Waals surface area (Å²) in [7, 11) is 0. The van der Waals surface area contributed by atoms with Crippen molar-refractivity contribution < 1.29 is 13.9 Å². The van der Waals surface area contributed by atoms with Gasteiger partial charge in [-0.2, -0.15) is 0 Å². The van der Waals surface area contributed by atoms with Gasteiger partial charge in [-0.3, -0.25) is 4.79 Å². The first kappa shape index (κ1) is 17.9. The van der Waals surface area contributed by atoms with E-state index in [1.54, 1.807) is 23.1 Å². The molecule has 1 saturated heterocycles. The van der Waals surface area contributed by atoms with Crippen molar-refractivity contribution in [3.05, 3.63) is 35.6 Å². The minimum Gasteiger partial charge on any atom is -0.370 e. The number of morpholine rings is 1. The first-order chi connectivity index (χ1) is 9.58. The highest BCUT2D eigenvalue weighted by molar-refractivity contribution is 5.85. The number of nitrogens with zero attached hydrogens (tertiary/aromatic N) is 1. The van der Waals surface area contributed by atoms with E-state index in [-0.39, 0.29) is 36.3 Å². The second-order valence-electron chi connectivity index (χ2n) is 5.24. The normalized spacial score (nSPS) is 19.8. The van der Waals surface area contributed by atoms with E-state index in [1.807, 2.05) is 6.92 Å². The molecule has 4 nitrogen and oxygen atoms in total. The van der Waals surface area contributed by atoms with Gasteiger partial charge in [-0.25, -0.2) is 4.39 Å². The Kier molecular flexibility index (Phi) is 7.08. The molecule has 1 fully saturated rings. The largest absolute Gasteiger partial charge is 0.370 e. The molecule has 2 rings (SSSR count). The van der Waals surface area contributed by atoms with Crippen LogP contribution in [0.2, 0.25) is 0 Å². The Morgan fingerprint density at radius 2 is 2.24 bits per heavy atom. The standard InChI is InChI=1S/C15H21FN2O2.ClH/c1-11(17)6-7-15(19)18-8-9-20-14(10-18)12-4-2-3-5-13(12)16;/h2-5,11,14H,6-10,17H2,1H3;1H. The van der Waals surface area contributed by atoms with Gasteiger partial charge in [0.2, 0.25) is 5.91 Å². The van der Waals surface area contributed by atoms with E-state index in [9.17, 15) is 9.18 Å². The topological polar surface area (TPSA) is 55.6 Å². The number of halogens is 2. The first-order valence-electron chi connectivity index (χ1n) is 6.97. The molecule has 1 amide bonds. The number of benzene rings is 1. The molecule has 1 heterocycles. The molecule has 0 radical (unpaired) electrons. The molecule has 0 spiro atoms. The molecule has 2 unspecified atom stereocenters. The van der Waals surface area contributed by atoms with Crippen molar-refractivity contribution in [1.82, 2.24) is 4.90 Å². The van der Waals surface area contributed by atoms with E-state index in [4.69, 9.17) is 10.5 Å². The van der Waals surface area contributed by atoms with Crippen molar-refractivity contribution in [2.24, 2.45) is 5.73 Å². The van der Waals surface area contributed by atoms with Gasteiger partial charge >= 0.3 is 0 Å². The molecule has 118 valence electrons. The summed E-state index contributed by atoms with van der Waals surface area (Å²) in [4.78, 5) is 13.8. The molecule has 2 atom stereocenters. The number of carbonyl (C=O) groups is 1. The zero-order chi connectivity index (χ0) is 14.5. The molecule has 0 aliphatic carbocycles. The van der Waals surface area contributed by atoms with Crippen molar-refractivity contribution in [1.29, 1.82) is 0 Å². The third-order valence-electron chi connectivity index (χ3n) is 3.48. The fraction of sp³-hybridized carbons (Fsp3) is 0.533. The van der Waals surface area contributed by atoms with E-state index >= 15 is 0 Å². The molecule has 0 saturated carbocycles. The van der Waals surface area contributed by atoms with Crippen LogP contribution in [0.15, 0.2) is 24.3 Å². The lowest BCUT2D eigenvalue weighted by molar-refractivity contribution is -0.139. The van der Waals surface area contributed by atoms with Crippen molar-refractivity contribution in [2.75, 3.05) is 19.7 Å². The lowest BCUT2D eigenvalue weighted by Gasteiger charge is -2.33. The molecule has 21 heavy (non-hydrogen) atoms. The van der Waals surface area contributed by atoms with Crippen molar-refractivity contribution >= 4 is 18.3 Å². The first-order valence-corrected chi connectivity index (χ1v) is 6.97. The van der Waals surface area contributed by atoms with E-state index in [0.29, 0.717) is 38.1 Å². The number of amides is 1. The summed E-state index contributed by atoms with van der Waals surface area (Å²) < 4.78 is 19.3. The highest BCUT2D eigenvalue weighted by Crippen LogP contribution is 2.24. The third-order valence-corrected chi connectivity index (χ3v) is 3.48. The SMILES string of the molecule is CC(N)CCC(=O)N1CCOC(c2ccccc2F)C1.Cl. The summed E-state index contributed by atoms with van der Waals surface area (Å²) in [5.74, 6) is -0.227. The fourth-order valence-electron chi connectivity index (χ4n) is 2.31. The van der Waals surface area contributed by atoms with Gasteiger partial charge in [0.15, 0.2) is 0 Å². The zero-order valence-electron chi connectivity index (χ0n) is 12.1. The van der Waals surface area contributed by atoms with Crippen LogP contribution < -0.4 is 5.73 Å². The van der Waals surface area contributed by atoms with Gasteiger partial charge in [-0.15, -0.1) is 12.4 Å². The number of hydrogen-bond donors (Lipinski definition) is 1. The van der Waals surface area contributed by atoms with Crippen LogP contribution in [-0.2, 0) is 9.53 Å². The molecule has 1 aromatic carbocycles. The Morgan fingerprint density at radius 3 is 2.90 bits per heavy atom. The third kappa shape index (κ3) is 4.95. The number of nitrogens with two attached hydrogens (primary N) is 1. The van der Waals surface area contributed by atoms with Crippen LogP contribution in [0.25, 0.3) is 0 Å². The maximum absolute atomic E-state index is 13.8. The van der Waals surface area contributed by atoms with Gasteiger partial charge in [0.05, 0.1) is 13.2 Å². The Morgan fingerprint density at radius 1 is 1.52 bits per heavy atom. The summed E-state index contributed by atoms with van der Waals surface area (Å²) in [5.41, 5.74) is 6.17. The molecule has 0 aromatic heterocycles. The Hall–Kier alpha value is -1.17. The molecule has 1 aliphatic heterocycles. The predicted molar refractivity (Wildman–Crippen MR) is 81.8 cm³/mol. The molecular formula is C15H22ClFN2O2. The highest BCUT2D eigenvalue weighted by Gasteiger charge is 2.26. The quantitative estimate of drug-likeness (QED) is 0.927. The highest BCUT2D eigenvalue weighted by atomic mass is 35.5. The smallest absolute Gasteiger partial charge is 0.222 e. The Labute approximate surface area is 130 Å². The minimum absolute atomic E-state index is 0. The maximum Gasteiger partial charge on any atom is 0.222 e. The van der Waals surface area contributed by atoms with Crippen LogP contribution in [0.3, 0.4) is 0 Å². The average molecular weight is 317 g/mol. The van der Waals surface area contributed by atoms with Crippen LogP contribution >= 0.6 is 12.4 Å². The second kappa shape index (κ2) is 8.32. The minimum atomic E-state index is -0.385. The molecule has 6 heteroatoms. The number of rotatable bonds is 4. The number of ether oxygens (including phenoxy) is 1.